The van der Waals surface area contributed by atoms with E-state index < -0.39 is 11.2 Å². The normalized spacial score (nSPS) is 11.8. The zero-order valence-corrected chi connectivity index (χ0v) is 15.9. The van der Waals surface area contributed by atoms with Crippen LogP contribution in [-0.4, -0.2) is 28.3 Å². The van der Waals surface area contributed by atoms with Gasteiger partial charge in [-0.1, -0.05) is 24.3 Å². The number of thioether (sulfide) groups is 1. The number of nitrogens with one attached hydrogen (secondary N) is 1. The lowest BCUT2D eigenvalue weighted by molar-refractivity contribution is -0.136. The van der Waals surface area contributed by atoms with Gasteiger partial charge in [0.15, 0.2) is 0 Å². The second-order valence-electron chi connectivity index (χ2n) is 6.09. The lowest BCUT2D eigenvalue weighted by Gasteiger charge is -2.12. The fraction of sp³-hybridized carbons (Fsp3) is 0.300. The summed E-state index contributed by atoms with van der Waals surface area (Å²) in [7, 11) is 0. The molecule has 0 aliphatic rings. The van der Waals surface area contributed by atoms with Gasteiger partial charge < -0.3 is 15.2 Å². The molecular formula is C20H23NO4S. The van der Waals surface area contributed by atoms with Gasteiger partial charge in [0.1, 0.15) is 11.0 Å². The number of rotatable bonds is 8. The van der Waals surface area contributed by atoms with E-state index in [1.165, 1.54) is 0 Å². The molecule has 0 fully saturated rings. The van der Waals surface area contributed by atoms with Crippen molar-refractivity contribution in [2.75, 3.05) is 0 Å². The Hall–Kier alpha value is -2.47. The largest absolute Gasteiger partial charge is 0.491 e. The van der Waals surface area contributed by atoms with Gasteiger partial charge in [-0.3, -0.25) is 9.59 Å². The third kappa shape index (κ3) is 5.81. The standard InChI is InChI=1S/C20H23NO4S/c1-13(2)25-16-10-8-15(9-11-16)12-21-19(22)17-6-4-5-7-18(17)26-14(3)20(23)24/h4-11,13-14H,12H2,1-3H3,(H,21,22)(H,23,24). The Balaban J connectivity index is 2.01. The Morgan fingerprint density at radius 1 is 1.08 bits per heavy atom. The maximum atomic E-state index is 12.5. The number of ether oxygens (including phenoxy) is 1. The molecule has 0 aromatic heterocycles. The van der Waals surface area contributed by atoms with Gasteiger partial charge in [0.25, 0.3) is 5.91 Å². The van der Waals surface area contributed by atoms with Gasteiger partial charge in [-0.2, -0.15) is 0 Å². The second-order valence-corrected chi connectivity index (χ2v) is 7.47. The average molecular weight is 373 g/mol. The lowest BCUT2D eigenvalue weighted by Crippen LogP contribution is -2.23. The predicted molar refractivity (Wildman–Crippen MR) is 103 cm³/mol. The van der Waals surface area contributed by atoms with Crippen molar-refractivity contribution in [1.29, 1.82) is 0 Å². The van der Waals surface area contributed by atoms with Crippen LogP contribution in [0.5, 0.6) is 5.75 Å². The maximum Gasteiger partial charge on any atom is 0.316 e. The van der Waals surface area contributed by atoms with Crippen LogP contribution >= 0.6 is 11.8 Å². The van der Waals surface area contributed by atoms with Crippen molar-refractivity contribution < 1.29 is 19.4 Å². The van der Waals surface area contributed by atoms with Gasteiger partial charge in [-0.25, -0.2) is 0 Å². The monoisotopic (exact) mass is 373 g/mol. The molecule has 6 heteroatoms. The number of carbonyl (C=O) groups excluding carboxylic acids is 1. The first kappa shape index (κ1) is 19.8. The van der Waals surface area contributed by atoms with E-state index in [4.69, 9.17) is 9.84 Å². The Bertz CT molecular complexity index is 759. The highest BCUT2D eigenvalue weighted by atomic mass is 32.2. The summed E-state index contributed by atoms with van der Waals surface area (Å²) in [5.74, 6) is -0.346. The minimum Gasteiger partial charge on any atom is -0.491 e. The number of carboxylic acid groups (broad SMARTS) is 1. The number of hydrogen-bond acceptors (Lipinski definition) is 4. The van der Waals surface area contributed by atoms with Gasteiger partial charge in [-0.05, 0) is 50.6 Å². The SMILES string of the molecule is CC(C)Oc1ccc(CNC(=O)c2ccccc2SC(C)C(=O)O)cc1. The minimum atomic E-state index is -0.908. The molecule has 1 atom stereocenters. The highest BCUT2D eigenvalue weighted by Crippen LogP contribution is 2.27. The summed E-state index contributed by atoms with van der Waals surface area (Å²) in [6.45, 7) is 5.92. The van der Waals surface area contributed by atoms with E-state index in [2.05, 4.69) is 5.32 Å². The third-order valence-corrected chi connectivity index (χ3v) is 4.70. The number of carbonyl (C=O) groups is 2. The van der Waals surface area contributed by atoms with Crippen molar-refractivity contribution in [3.63, 3.8) is 0 Å². The fourth-order valence-electron chi connectivity index (χ4n) is 2.23. The molecule has 0 spiro atoms. The molecule has 2 aromatic rings. The van der Waals surface area contributed by atoms with Crippen molar-refractivity contribution >= 4 is 23.6 Å². The van der Waals surface area contributed by atoms with Crippen LogP contribution in [0.25, 0.3) is 0 Å². The van der Waals surface area contributed by atoms with E-state index in [-0.39, 0.29) is 12.0 Å². The van der Waals surface area contributed by atoms with Gasteiger partial charge in [0, 0.05) is 11.4 Å². The molecule has 2 rings (SSSR count). The van der Waals surface area contributed by atoms with Gasteiger partial charge in [0.05, 0.1) is 11.7 Å². The van der Waals surface area contributed by atoms with Gasteiger partial charge >= 0.3 is 5.97 Å². The zero-order chi connectivity index (χ0) is 19.1. The van der Waals surface area contributed by atoms with Crippen molar-refractivity contribution in [2.45, 2.75) is 43.6 Å². The molecule has 0 aliphatic heterocycles. The van der Waals surface area contributed by atoms with E-state index in [1.54, 1.807) is 31.2 Å². The summed E-state index contributed by atoms with van der Waals surface area (Å²) in [6, 6.07) is 14.6. The van der Waals surface area contributed by atoms with Crippen molar-refractivity contribution in [1.82, 2.24) is 5.32 Å². The first-order valence-corrected chi connectivity index (χ1v) is 9.27. The smallest absolute Gasteiger partial charge is 0.316 e. The summed E-state index contributed by atoms with van der Waals surface area (Å²) in [5, 5.41) is 11.3. The molecule has 0 heterocycles. The molecule has 2 aromatic carbocycles. The van der Waals surface area contributed by atoms with Crippen molar-refractivity contribution in [3.8, 4) is 5.75 Å². The Labute approximate surface area is 157 Å². The molecule has 138 valence electrons. The molecule has 5 nitrogen and oxygen atoms in total. The third-order valence-electron chi connectivity index (χ3n) is 3.53. The van der Waals surface area contributed by atoms with Crippen LogP contribution in [0.2, 0.25) is 0 Å². The molecule has 26 heavy (non-hydrogen) atoms. The van der Waals surface area contributed by atoms with Crippen molar-refractivity contribution in [3.05, 3.63) is 59.7 Å². The molecule has 0 radical (unpaired) electrons. The van der Waals surface area contributed by atoms with Crippen LogP contribution in [0.15, 0.2) is 53.4 Å². The second kappa shape index (κ2) is 9.29. The summed E-state index contributed by atoms with van der Waals surface area (Å²) in [5.41, 5.74) is 1.43. The van der Waals surface area contributed by atoms with Gasteiger partial charge in [-0.15, -0.1) is 11.8 Å². The van der Waals surface area contributed by atoms with Crippen molar-refractivity contribution in [2.24, 2.45) is 0 Å². The predicted octanol–water partition coefficient (Wildman–Crippen LogP) is 3.97. The molecule has 0 bridgehead atoms. The molecule has 1 amide bonds. The summed E-state index contributed by atoms with van der Waals surface area (Å²) < 4.78 is 5.60. The number of aliphatic carboxylic acids is 1. The highest BCUT2D eigenvalue weighted by Gasteiger charge is 2.17. The van der Waals surface area contributed by atoms with Crippen LogP contribution in [0.1, 0.15) is 36.7 Å². The number of amides is 1. The first-order chi connectivity index (χ1) is 12.4. The summed E-state index contributed by atoms with van der Waals surface area (Å²) >= 11 is 1.16. The quantitative estimate of drug-likeness (QED) is 0.685. The Kier molecular flexibility index (Phi) is 7.09. The molecule has 0 aliphatic carbocycles. The topological polar surface area (TPSA) is 75.6 Å². The molecular weight excluding hydrogens is 350 g/mol. The molecule has 1 unspecified atom stereocenters. The van der Waals surface area contributed by atoms with Crippen LogP contribution in [-0.2, 0) is 11.3 Å². The molecule has 0 saturated heterocycles. The Morgan fingerprint density at radius 2 is 1.73 bits per heavy atom. The maximum absolute atomic E-state index is 12.5. The van der Waals surface area contributed by atoms with E-state index in [9.17, 15) is 9.59 Å². The first-order valence-electron chi connectivity index (χ1n) is 8.39. The van der Waals surface area contributed by atoms with Crippen LogP contribution in [0, 0.1) is 0 Å². The zero-order valence-electron chi connectivity index (χ0n) is 15.1. The van der Waals surface area contributed by atoms with Crippen LogP contribution in [0.4, 0.5) is 0 Å². The number of carboxylic acids is 1. The number of benzene rings is 2. The van der Waals surface area contributed by atoms with Gasteiger partial charge in [0.2, 0.25) is 0 Å². The number of hydrogen-bond donors (Lipinski definition) is 2. The molecule has 0 saturated carbocycles. The van der Waals surface area contributed by atoms with Crippen LogP contribution in [0.3, 0.4) is 0 Å². The minimum absolute atomic E-state index is 0.114. The fourth-order valence-corrected chi connectivity index (χ4v) is 3.16. The van der Waals surface area contributed by atoms with E-state index in [1.807, 2.05) is 38.1 Å². The van der Waals surface area contributed by atoms with E-state index in [0.717, 1.165) is 23.1 Å². The van der Waals surface area contributed by atoms with Crippen LogP contribution < -0.4 is 10.1 Å². The highest BCUT2D eigenvalue weighted by molar-refractivity contribution is 8.00. The average Bonchev–Trinajstić information content (AvgIpc) is 2.60. The van der Waals surface area contributed by atoms with E-state index in [0.29, 0.717) is 17.0 Å². The summed E-state index contributed by atoms with van der Waals surface area (Å²) in [6.07, 6.45) is 0.114. The summed E-state index contributed by atoms with van der Waals surface area (Å²) in [4.78, 5) is 24.2. The molecule has 2 N–H and O–H groups in total. The van der Waals surface area contributed by atoms with E-state index >= 15 is 0 Å². The lowest BCUT2D eigenvalue weighted by atomic mass is 10.2. The Morgan fingerprint density at radius 3 is 2.35 bits per heavy atom.